The molecule has 4 nitrogen and oxygen atoms in total. The highest BCUT2D eigenvalue weighted by Crippen LogP contribution is 2.31. The van der Waals surface area contributed by atoms with Crippen LogP contribution in [0.4, 0.5) is 0 Å². The summed E-state index contributed by atoms with van der Waals surface area (Å²) in [5.74, 6) is 2.41. The third-order valence-electron chi connectivity index (χ3n) is 4.10. The standard InChI is InChI=1S/C16H26N2O2/c1-12-7-15(19-3)16(20-4)8-14(12)11-18-6-5-13(10-18)9-17-2/h7-8,13,17H,5-6,9-11H2,1-4H3. The largest absolute Gasteiger partial charge is 0.493 e. The number of nitrogens with zero attached hydrogens (tertiary/aromatic N) is 1. The number of likely N-dealkylation sites (tertiary alicyclic amines) is 1. The third-order valence-corrected chi connectivity index (χ3v) is 4.10. The molecule has 1 aliphatic heterocycles. The fraction of sp³-hybridized carbons (Fsp3) is 0.625. The molecule has 0 aromatic heterocycles. The zero-order valence-corrected chi connectivity index (χ0v) is 13.0. The number of methoxy groups -OCH3 is 2. The topological polar surface area (TPSA) is 33.7 Å². The molecule has 1 aliphatic rings. The molecule has 1 aromatic carbocycles. The Hall–Kier alpha value is -1.26. The van der Waals surface area contributed by atoms with Gasteiger partial charge in [0.1, 0.15) is 0 Å². The monoisotopic (exact) mass is 278 g/mol. The lowest BCUT2D eigenvalue weighted by atomic mass is 10.1. The predicted octanol–water partition coefficient (Wildman–Crippen LogP) is 2.05. The van der Waals surface area contributed by atoms with Crippen molar-refractivity contribution in [3.8, 4) is 11.5 Å². The van der Waals surface area contributed by atoms with Crippen LogP contribution in [0.3, 0.4) is 0 Å². The average molecular weight is 278 g/mol. The first-order chi connectivity index (χ1) is 9.67. The molecule has 112 valence electrons. The Kier molecular flexibility index (Phi) is 5.26. The quantitative estimate of drug-likeness (QED) is 0.863. The van der Waals surface area contributed by atoms with Crippen LogP contribution in [-0.4, -0.2) is 45.8 Å². The molecule has 1 heterocycles. The normalized spacial score (nSPS) is 19.3. The molecule has 0 bridgehead atoms. The van der Waals surface area contributed by atoms with Crippen LogP contribution in [-0.2, 0) is 6.54 Å². The first kappa shape index (κ1) is 15.1. The van der Waals surface area contributed by atoms with E-state index in [2.05, 4.69) is 29.3 Å². The predicted molar refractivity (Wildman–Crippen MR) is 81.6 cm³/mol. The number of nitrogens with one attached hydrogen (secondary N) is 1. The van der Waals surface area contributed by atoms with Crippen LogP contribution in [0.1, 0.15) is 17.5 Å². The molecular weight excluding hydrogens is 252 g/mol. The van der Waals surface area contributed by atoms with Crippen molar-refractivity contribution in [2.24, 2.45) is 5.92 Å². The van der Waals surface area contributed by atoms with E-state index in [9.17, 15) is 0 Å². The summed E-state index contributed by atoms with van der Waals surface area (Å²) in [5.41, 5.74) is 2.59. The molecule has 0 spiro atoms. The Morgan fingerprint density at radius 2 is 1.95 bits per heavy atom. The minimum Gasteiger partial charge on any atom is -0.493 e. The van der Waals surface area contributed by atoms with Crippen molar-refractivity contribution in [3.63, 3.8) is 0 Å². The summed E-state index contributed by atoms with van der Waals surface area (Å²) in [7, 11) is 5.40. The molecule has 1 atom stereocenters. The SMILES string of the molecule is CNCC1CCN(Cc2cc(OC)c(OC)cc2C)C1. The van der Waals surface area contributed by atoms with Gasteiger partial charge in [-0.05, 0) is 62.7 Å². The van der Waals surface area contributed by atoms with Crippen molar-refractivity contribution in [1.29, 1.82) is 0 Å². The van der Waals surface area contributed by atoms with Crippen molar-refractivity contribution in [2.45, 2.75) is 19.9 Å². The van der Waals surface area contributed by atoms with E-state index in [0.29, 0.717) is 0 Å². The number of hydrogen-bond donors (Lipinski definition) is 1. The molecule has 0 aliphatic carbocycles. The van der Waals surface area contributed by atoms with Gasteiger partial charge in [-0.25, -0.2) is 0 Å². The average Bonchev–Trinajstić information content (AvgIpc) is 2.88. The molecule has 2 rings (SSSR count). The molecular formula is C16H26N2O2. The van der Waals surface area contributed by atoms with Crippen molar-refractivity contribution < 1.29 is 9.47 Å². The van der Waals surface area contributed by atoms with Gasteiger partial charge in [0.25, 0.3) is 0 Å². The van der Waals surface area contributed by atoms with E-state index in [1.165, 1.54) is 30.6 Å². The Morgan fingerprint density at radius 3 is 2.60 bits per heavy atom. The lowest BCUT2D eigenvalue weighted by molar-refractivity contribution is 0.312. The van der Waals surface area contributed by atoms with Crippen molar-refractivity contribution in [2.75, 3.05) is 40.9 Å². The Morgan fingerprint density at radius 1 is 1.25 bits per heavy atom. The number of ether oxygens (including phenoxy) is 2. The van der Waals surface area contributed by atoms with E-state index < -0.39 is 0 Å². The van der Waals surface area contributed by atoms with Gasteiger partial charge in [-0.2, -0.15) is 0 Å². The first-order valence-corrected chi connectivity index (χ1v) is 7.26. The van der Waals surface area contributed by atoms with E-state index >= 15 is 0 Å². The van der Waals surface area contributed by atoms with Gasteiger partial charge in [-0.15, -0.1) is 0 Å². The zero-order chi connectivity index (χ0) is 14.5. The van der Waals surface area contributed by atoms with Gasteiger partial charge in [0.05, 0.1) is 14.2 Å². The van der Waals surface area contributed by atoms with E-state index in [1.54, 1.807) is 14.2 Å². The highest BCUT2D eigenvalue weighted by molar-refractivity contribution is 5.47. The van der Waals surface area contributed by atoms with Gasteiger partial charge in [0, 0.05) is 13.1 Å². The Bertz CT molecular complexity index is 448. The second-order valence-corrected chi connectivity index (χ2v) is 5.58. The van der Waals surface area contributed by atoms with E-state index in [-0.39, 0.29) is 0 Å². The first-order valence-electron chi connectivity index (χ1n) is 7.26. The number of rotatable bonds is 6. The summed E-state index contributed by atoms with van der Waals surface area (Å²) >= 11 is 0. The lowest BCUT2D eigenvalue weighted by Crippen LogP contribution is -2.24. The van der Waals surface area contributed by atoms with Gasteiger partial charge in [0.15, 0.2) is 11.5 Å². The van der Waals surface area contributed by atoms with Gasteiger partial charge in [0.2, 0.25) is 0 Å². The second kappa shape index (κ2) is 6.95. The maximum Gasteiger partial charge on any atom is 0.161 e. The summed E-state index contributed by atoms with van der Waals surface area (Å²) < 4.78 is 10.7. The summed E-state index contributed by atoms with van der Waals surface area (Å²) in [6.45, 7) is 6.60. The van der Waals surface area contributed by atoms with Crippen LogP contribution in [0.25, 0.3) is 0 Å². The molecule has 0 saturated carbocycles. The molecule has 0 radical (unpaired) electrons. The second-order valence-electron chi connectivity index (χ2n) is 5.58. The van der Waals surface area contributed by atoms with Crippen LogP contribution in [0, 0.1) is 12.8 Å². The van der Waals surface area contributed by atoms with Crippen molar-refractivity contribution in [1.82, 2.24) is 10.2 Å². The number of benzene rings is 1. The summed E-state index contributed by atoms with van der Waals surface area (Å²) in [4.78, 5) is 2.52. The highest BCUT2D eigenvalue weighted by Gasteiger charge is 2.22. The van der Waals surface area contributed by atoms with Crippen LogP contribution in [0.2, 0.25) is 0 Å². The third kappa shape index (κ3) is 3.44. The minimum atomic E-state index is 0.778. The summed E-state index contributed by atoms with van der Waals surface area (Å²) in [6.07, 6.45) is 1.28. The van der Waals surface area contributed by atoms with E-state index in [4.69, 9.17) is 9.47 Å². The lowest BCUT2D eigenvalue weighted by Gasteiger charge is -2.19. The van der Waals surface area contributed by atoms with Gasteiger partial charge in [-0.3, -0.25) is 4.90 Å². The minimum absolute atomic E-state index is 0.778. The molecule has 1 aromatic rings. The smallest absolute Gasteiger partial charge is 0.161 e. The Balaban J connectivity index is 2.06. The molecule has 1 saturated heterocycles. The summed E-state index contributed by atoms with van der Waals surface area (Å²) in [5, 5.41) is 3.28. The molecule has 0 amide bonds. The van der Waals surface area contributed by atoms with E-state index in [0.717, 1.165) is 30.5 Å². The molecule has 1 N–H and O–H groups in total. The molecule has 1 fully saturated rings. The van der Waals surface area contributed by atoms with Gasteiger partial charge >= 0.3 is 0 Å². The van der Waals surface area contributed by atoms with Crippen LogP contribution in [0.5, 0.6) is 11.5 Å². The Labute approximate surface area is 122 Å². The maximum absolute atomic E-state index is 5.40. The van der Waals surface area contributed by atoms with Crippen LogP contribution < -0.4 is 14.8 Å². The highest BCUT2D eigenvalue weighted by atomic mass is 16.5. The maximum atomic E-state index is 5.40. The molecule has 4 heteroatoms. The summed E-state index contributed by atoms with van der Waals surface area (Å²) in [6, 6.07) is 4.18. The number of aryl methyl sites for hydroxylation is 1. The fourth-order valence-corrected chi connectivity index (χ4v) is 2.95. The van der Waals surface area contributed by atoms with Gasteiger partial charge in [-0.1, -0.05) is 0 Å². The van der Waals surface area contributed by atoms with Crippen LogP contribution in [0.15, 0.2) is 12.1 Å². The van der Waals surface area contributed by atoms with Gasteiger partial charge < -0.3 is 14.8 Å². The number of hydrogen-bond acceptors (Lipinski definition) is 4. The molecule has 1 unspecified atom stereocenters. The fourth-order valence-electron chi connectivity index (χ4n) is 2.95. The van der Waals surface area contributed by atoms with E-state index in [1.807, 2.05) is 7.05 Å². The molecule has 20 heavy (non-hydrogen) atoms. The zero-order valence-electron chi connectivity index (χ0n) is 13.0. The van der Waals surface area contributed by atoms with Crippen molar-refractivity contribution in [3.05, 3.63) is 23.3 Å². The van der Waals surface area contributed by atoms with Crippen LogP contribution >= 0.6 is 0 Å². The van der Waals surface area contributed by atoms with Crippen molar-refractivity contribution >= 4 is 0 Å².